The van der Waals surface area contributed by atoms with Crippen molar-refractivity contribution in [2.75, 3.05) is 14.1 Å². The van der Waals surface area contributed by atoms with Crippen molar-refractivity contribution in [2.45, 2.75) is 11.4 Å². The molecule has 7 heteroatoms. The standard InChI is InChI=1S/C10H15N3O3S/c1-13(2)10(14)12-7-8-4-3-5-9(6-8)17(11,15)16/h3-6H,7H2,1-2H3,(H,12,14)(H2,11,15,16). The molecule has 0 radical (unpaired) electrons. The smallest absolute Gasteiger partial charge is 0.317 e. The minimum absolute atomic E-state index is 0.0362. The van der Waals surface area contributed by atoms with Crippen LogP contribution in [0, 0.1) is 0 Å². The number of benzene rings is 1. The Labute approximate surface area is 100 Å². The molecule has 0 spiro atoms. The molecule has 1 aromatic rings. The summed E-state index contributed by atoms with van der Waals surface area (Å²) in [7, 11) is -0.461. The van der Waals surface area contributed by atoms with Crippen molar-refractivity contribution in [3.63, 3.8) is 0 Å². The summed E-state index contributed by atoms with van der Waals surface area (Å²) in [5, 5.41) is 7.63. The van der Waals surface area contributed by atoms with E-state index in [9.17, 15) is 13.2 Å². The number of nitrogens with two attached hydrogens (primary N) is 1. The van der Waals surface area contributed by atoms with Crippen molar-refractivity contribution in [3.05, 3.63) is 29.8 Å². The number of hydrogen-bond acceptors (Lipinski definition) is 3. The van der Waals surface area contributed by atoms with Crippen molar-refractivity contribution in [3.8, 4) is 0 Å². The van der Waals surface area contributed by atoms with Crippen molar-refractivity contribution in [2.24, 2.45) is 5.14 Å². The Kier molecular flexibility index (Phi) is 4.08. The van der Waals surface area contributed by atoms with Crippen LogP contribution in [0.5, 0.6) is 0 Å². The van der Waals surface area contributed by atoms with Gasteiger partial charge in [-0.3, -0.25) is 0 Å². The maximum atomic E-state index is 11.3. The molecular weight excluding hydrogens is 242 g/mol. The molecule has 1 rings (SSSR count). The zero-order valence-corrected chi connectivity index (χ0v) is 10.5. The number of sulfonamides is 1. The molecule has 17 heavy (non-hydrogen) atoms. The molecule has 0 saturated heterocycles. The normalized spacial score (nSPS) is 11.0. The summed E-state index contributed by atoms with van der Waals surface area (Å²) >= 11 is 0. The van der Waals surface area contributed by atoms with Crippen molar-refractivity contribution < 1.29 is 13.2 Å². The van der Waals surface area contributed by atoms with Gasteiger partial charge >= 0.3 is 6.03 Å². The number of primary sulfonamides is 1. The highest BCUT2D eigenvalue weighted by Crippen LogP contribution is 2.09. The SMILES string of the molecule is CN(C)C(=O)NCc1cccc(S(N)(=O)=O)c1. The van der Waals surface area contributed by atoms with Crippen molar-refractivity contribution in [1.29, 1.82) is 0 Å². The average Bonchev–Trinajstić information content (AvgIpc) is 2.25. The fourth-order valence-corrected chi connectivity index (χ4v) is 1.75. The van der Waals surface area contributed by atoms with Gasteiger partial charge in [-0.1, -0.05) is 12.1 Å². The van der Waals surface area contributed by atoms with E-state index in [4.69, 9.17) is 5.14 Å². The third-order valence-electron chi connectivity index (χ3n) is 2.08. The highest BCUT2D eigenvalue weighted by atomic mass is 32.2. The predicted octanol–water partition coefficient (Wildman–Crippen LogP) is 0.105. The first kappa shape index (κ1) is 13.5. The summed E-state index contributed by atoms with van der Waals surface area (Å²) in [6.07, 6.45) is 0. The number of hydrogen-bond donors (Lipinski definition) is 2. The van der Waals surface area contributed by atoms with Crippen LogP contribution in [0.25, 0.3) is 0 Å². The van der Waals surface area contributed by atoms with Crippen LogP contribution in [0.3, 0.4) is 0 Å². The lowest BCUT2D eigenvalue weighted by atomic mass is 10.2. The van der Waals surface area contributed by atoms with Crippen LogP contribution in [0.4, 0.5) is 4.79 Å². The molecule has 0 aliphatic rings. The van der Waals surface area contributed by atoms with Crippen LogP contribution >= 0.6 is 0 Å². The number of amides is 2. The molecule has 0 bridgehead atoms. The summed E-state index contributed by atoms with van der Waals surface area (Å²) in [6.45, 7) is 0.250. The Morgan fingerprint density at radius 3 is 2.59 bits per heavy atom. The summed E-state index contributed by atoms with van der Waals surface area (Å²) in [5.41, 5.74) is 0.673. The van der Waals surface area contributed by atoms with Crippen LogP contribution in [-0.4, -0.2) is 33.4 Å². The Bertz CT molecular complexity index is 511. The number of urea groups is 1. The molecule has 0 heterocycles. The minimum atomic E-state index is -3.70. The van der Waals surface area contributed by atoms with E-state index in [0.717, 1.165) is 0 Å². The third-order valence-corrected chi connectivity index (χ3v) is 2.99. The molecule has 0 aliphatic carbocycles. The van der Waals surface area contributed by atoms with Gasteiger partial charge in [-0.15, -0.1) is 0 Å². The van der Waals surface area contributed by atoms with E-state index in [2.05, 4.69) is 5.32 Å². The summed E-state index contributed by atoms with van der Waals surface area (Å²) < 4.78 is 22.2. The maximum absolute atomic E-state index is 11.3. The quantitative estimate of drug-likeness (QED) is 0.804. The van der Waals surface area contributed by atoms with E-state index in [0.29, 0.717) is 5.56 Å². The highest BCUT2D eigenvalue weighted by molar-refractivity contribution is 7.89. The Balaban J connectivity index is 2.77. The number of rotatable bonds is 3. The van der Waals surface area contributed by atoms with Gasteiger partial charge in [0.1, 0.15) is 0 Å². The van der Waals surface area contributed by atoms with Crippen molar-refractivity contribution >= 4 is 16.1 Å². The molecule has 0 saturated carbocycles. The molecular formula is C10H15N3O3S. The first-order valence-corrected chi connectivity index (χ1v) is 6.42. The Hall–Kier alpha value is -1.60. The van der Waals surface area contributed by atoms with Crippen LogP contribution < -0.4 is 10.5 Å². The fraction of sp³-hybridized carbons (Fsp3) is 0.300. The second-order valence-corrected chi connectivity index (χ2v) is 5.31. The highest BCUT2D eigenvalue weighted by Gasteiger charge is 2.08. The summed E-state index contributed by atoms with van der Waals surface area (Å²) in [5.74, 6) is 0. The number of nitrogens with zero attached hydrogens (tertiary/aromatic N) is 1. The van der Waals surface area contributed by atoms with E-state index in [1.807, 2.05) is 0 Å². The molecule has 0 fully saturated rings. The largest absolute Gasteiger partial charge is 0.334 e. The lowest BCUT2D eigenvalue weighted by Gasteiger charge is -2.12. The molecule has 0 aromatic heterocycles. The monoisotopic (exact) mass is 257 g/mol. The van der Waals surface area contributed by atoms with Gasteiger partial charge in [-0.25, -0.2) is 18.4 Å². The Morgan fingerprint density at radius 1 is 1.41 bits per heavy atom. The summed E-state index contributed by atoms with van der Waals surface area (Å²) in [4.78, 5) is 12.7. The lowest BCUT2D eigenvalue weighted by Crippen LogP contribution is -2.33. The lowest BCUT2D eigenvalue weighted by molar-refractivity contribution is 0.217. The molecule has 6 nitrogen and oxygen atoms in total. The van der Waals surface area contributed by atoms with Gasteiger partial charge < -0.3 is 10.2 Å². The van der Waals surface area contributed by atoms with E-state index in [1.54, 1.807) is 26.2 Å². The maximum Gasteiger partial charge on any atom is 0.317 e. The number of carbonyl (C=O) groups is 1. The second-order valence-electron chi connectivity index (χ2n) is 3.75. The second kappa shape index (κ2) is 5.15. The zero-order valence-electron chi connectivity index (χ0n) is 9.67. The fourth-order valence-electron chi connectivity index (χ4n) is 1.17. The third kappa shape index (κ3) is 4.04. The average molecular weight is 257 g/mol. The van der Waals surface area contributed by atoms with Gasteiger partial charge in [0, 0.05) is 20.6 Å². The number of carbonyl (C=O) groups excluding carboxylic acids is 1. The van der Waals surface area contributed by atoms with E-state index in [-0.39, 0.29) is 17.5 Å². The predicted molar refractivity (Wildman–Crippen MR) is 63.7 cm³/mol. The van der Waals surface area contributed by atoms with Crippen LogP contribution in [0.1, 0.15) is 5.56 Å². The molecule has 0 unspecified atom stereocenters. The first-order chi connectivity index (χ1) is 7.80. The van der Waals surface area contributed by atoms with Gasteiger partial charge in [-0.05, 0) is 17.7 Å². The van der Waals surface area contributed by atoms with Gasteiger partial charge in [0.05, 0.1) is 4.90 Å². The molecule has 3 N–H and O–H groups in total. The van der Waals surface area contributed by atoms with E-state index in [1.165, 1.54) is 17.0 Å². The van der Waals surface area contributed by atoms with E-state index >= 15 is 0 Å². The van der Waals surface area contributed by atoms with Crippen LogP contribution in [-0.2, 0) is 16.6 Å². The van der Waals surface area contributed by atoms with Crippen molar-refractivity contribution in [1.82, 2.24) is 10.2 Å². The van der Waals surface area contributed by atoms with Gasteiger partial charge in [0.25, 0.3) is 0 Å². The van der Waals surface area contributed by atoms with E-state index < -0.39 is 10.0 Å². The first-order valence-electron chi connectivity index (χ1n) is 4.87. The Morgan fingerprint density at radius 2 is 2.06 bits per heavy atom. The minimum Gasteiger partial charge on any atom is -0.334 e. The molecule has 1 aromatic carbocycles. The van der Waals surface area contributed by atoms with Gasteiger partial charge in [-0.2, -0.15) is 0 Å². The van der Waals surface area contributed by atoms with Crippen LogP contribution in [0.15, 0.2) is 29.2 Å². The topological polar surface area (TPSA) is 92.5 Å². The molecule has 94 valence electrons. The molecule has 2 amide bonds. The van der Waals surface area contributed by atoms with Gasteiger partial charge in [0.2, 0.25) is 10.0 Å². The molecule has 0 atom stereocenters. The van der Waals surface area contributed by atoms with Gasteiger partial charge in [0.15, 0.2) is 0 Å². The van der Waals surface area contributed by atoms with Crippen LogP contribution in [0.2, 0.25) is 0 Å². The number of nitrogens with one attached hydrogen (secondary N) is 1. The zero-order chi connectivity index (χ0) is 13.1. The molecule has 0 aliphatic heterocycles. The summed E-state index contributed by atoms with van der Waals surface area (Å²) in [6, 6.07) is 5.89.